The third kappa shape index (κ3) is 4.51. The van der Waals surface area contributed by atoms with E-state index in [-0.39, 0.29) is 17.9 Å². The highest BCUT2D eigenvalue weighted by Crippen LogP contribution is 2.22. The van der Waals surface area contributed by atoms with Crippen LogP contribution in [0.25, 0.3) is 0 Å². The van der Waals surface area contributed by atoms with E-state index in [0.717, 1.165) is 12.8 Å². The Kier molecular flexibility index (Phi) is 5.75. The van der Waals surface area contributed by atoms with Crippen LogP contribution in [-0.4, -0.2) is 35.1 Å². The Morgan fingerprint density at radius 2 is 2.21 bits per heavy atom. The number of hydrogen-bond donors (Lipinski definition) is 2. The SMILES string of the molecule is CCCCN(CC(N)=O)c1ncc(Br)cc1C(=O)O. The second-order valence-electron chi connectivity index (χ2n) is 4.07. The maximum atomic E-state index is 11.2. The number of primary amides is 1. The number of carbonyl (C=O) groups excluding carboxylic acids is 1. The van der Waals surface area contributed by atoms with E-state index in [0.29, 0.717) is 11.0 Å². The first-order valence-corrected chi connectivity index (χ1v) is 6.67. The van der Waals surface area contributed by atoms with Crippen LogP contribution in [0.15, 0.2) is 16.7 Å². The number of carboxylic acids is 1. The first kappa shape index (κ1) is 15.4. The van der Waals surface area contributed by atoms with E-state index in [4.69, 9.17) is 5.73 Å². The molecule has 0 aliphatic rings. The van der Waals surface area contributed by atoms with E-state index < -0.39 is 11.9 Å². The van der Waals surface area contributed by atoms with Crippen LogP contribution >= 0.6 is 15.9 Å². The minimum absolute atomic E-state index is 0.0467. The second-order valence-corrected chi connectivity index (χ2v) is 4.99. The van der Waals surface area contributed by atoms with Gasteiger partial charge in [-0.25, -0.2) is 9.78 Å². The number of halogens is 1. The molecule has 1 amide bonds. The largest absolute Gasteiger partial charge is 0.478 e. The van der Waals surface area contributed by atoms with Crippen LogP contribution in [-0.2, 0) is 4.79 Å². The molecule has 0 atom stereocenters. The van der Waals surface area contributed by atoms with Gasteiger partial charge in [-0.15, -0.1) is 0 Å². The molecule has 6 nitrogen and oxygen atoms in total. The van der Waals surface area contributed by atoms with E-state index >= 15 is 0 Å². The highest BCUT2D eigenvalue weighted by molar-refractivity contribution is 9.10. The number of hydrogen-bond acceptors (Lipinski definition) is 4. The van der Waals surface area contributed by atoms with Crippen molar-refractivity contribution in [3.63, 3.8) is 0 Å². The zero-order chi connectivity index (χ0) is 14.4. The van der Waals surface area contributed by atoms with Crippen molar-refractivity contribution in [2.75, 3.05) is 18.0 Å². The van der Waals surface area contributed by atoms with Gasteiger partial charge in [-0.3, -0.25) is 4.79 Å². The van der Waals surface area contributed by atoms with Crippen LogP contribution in [0.4, 0.5) is 5.82 Å². The lowest BCUT2D eigenvalue weighted by Crippen LogP contribution is -2.36. The Morgan fingerprint density at radius 3 is 2.74 bits per heavy atom. The van der Waals surface area contributed by atoms with Crippen molar-refractivity contribution in [2.24, 2.45) is 5.73 Å². The van der Waals surface area contributed by atoms with Gasteiger partial charge in [-0.1, -0.05) is 13.3 Å². The van der Waals surface area contributed by atoms with Crippen molar-refractivity contribution in [3.05, 3.63) is 22.3 Å². The molecule has 0 aliphatic carbocycles. The highest BCUT2D eigenvalue weighted by Gasteiger charge is 2.19. The number of aromatic carboxylic acids is 1. The Labute approximate surface area is 119 Å². The smallest absolute Gasteiger partial charge is 0.339 e. The van der Waals surface area contributed by atoms with Crippen molar-refractivity contribution >= 4 is 33.6 Å². The number of rotatable bonds is 7. The van der Waals surface area contributed by atoms with Gasteiger partial charge in [0.15, 0.2) is 0 Å². The number of pyridine rings is 1. The average Bonchev–Trinajstić information content (AvgIpc) is 2.34. The quantitative estimate of drug-likeness (QED) is 0.792. The molecule has 0 fully saturated rings. The molecule has 1 heterocycles. The second kappa shape index (κ2) is 7.08. The summed E-state index contributed by atoms with van der Waals surface area (Å²) in [5.74, 6) is -1.34. The van der Waals surface area contributed by atoms with Crippen LogP contribution in [0, 0.1) is 0 Å². The van der Waals surface area contributed by atoms with Gasteiger partial charge in [0.2, 0.25) is 5.91 Å². The Bertz CT molecular complexity index is 479. The summed E-state index contributed by atoms with van der Waals surface area (Å²) < 4.78 is 0.572. The Morgan fingerprint density at radius 1 is 1.53 bits per heavy atom. The van der Waals surface area contributed by atoms with Crippen molar-refractivity contribution in [2.45, 2.75) is 19.8 Å². The minimum atomic E-state index is -1.09. The monoisotopic (exact) mass is 329 g/mol. The first-order valence-electron chi connectivity index (χ1n) is 5.87. The lowest BCUT2D eigenvalue weighted by molar-refractivity contribution is -0.116. The minimum Gasteiger partial charge on any atom is -0.478 e. The number of nitrogens with two attached hydrogens (primary N) is 1. The maximum absolute atomic E-state index is 11.2. The van der Waals surface area contributed by atoms with Gasteiger partial charge in [0, 0.05) is 17.2 Å². The maximum Gasteiger partial charge on any atom is 0.339 e. The fourth-order valence-corrected chi connectivity index (χ4v) is 1.97. The molecular formula is C12H16BrN3O3. The summed E-state index contributed by atoms with van der Waals surface area (Å²) in [6.45, 7) is 2.50. The number of nitrogens with zero attached hydrogens (tertiary/aromatic N) is 2. The van der Waals surface area contributed by atoms with E-state index in [1.165, 1.54) is 12.3 Å². The molecule has 1 aromatic rings. The molecule has 1 aromatic heterocycles. The third-order valence-electron chi connectivity index (χ3n) is 2.49. The van der Waals surface area contributed by atoms with Gasteiger partial charge < -0.3 is 15.7 Å². The van der Waals surface area contributed by atoms with E-state index in [9.17, 15) is 14.7 Å². The first-order chi connectivity index (χ1) is 8.95. The number of aromatic nitrogens is 1. The van der Waals surface area contributed by atoms with Crippen LogP contribution < -0.4 is 10.6 Å². The fraction of sp³-hybridized carbons (Fsp3) is 0.417. The topological polar surface area (TPSA) is 96.5 Å². The standard InChI is InChI=1S/C12H16BrN3O3/c1-2-3-4-16(7-10(14)17)11-9(12(18)19)5-8(13)6-15-11/h5-6H,2-4,7H2,1H3,(H2,14,17)(H,18,19). The predicted octanol–water partition coefficient (Wildman–Crippen LogP) is 1.63. The van der Waals surface area contributed by atoms with Gasteiger partial charge in [-0.05, 0) is 28.4 Å². The molecule has 0 aromatic carbocycles. The number of carboxylic acid groups (broad SMARTS) is 1. The van der Waals surface area contributed by atoms with Crippen LogP contribution in [0.1, 0.15) is 30.1 Å². The summed E-state index contributed by atoms with van der Waals surface area (Å²) >= 11 is 3.18. The molecule has 104 valence electrons. The third-order valence-corrected chi connectivity index (χ3v) is 2.93. The number of amides is 1. The summed E-state index contributed by atoms with van der Waals surface area (Å²) in [7, 11) is 0. The molecule has 0 bridgehead atoms. The molecule has 0 aliphatic heterocycles. The molecule has 0 radical (unpaired) electrons. The average molecular weight is 330 g/mol. The molecule has 0 unspecified atom stereocenters. The van der Waals surface area contributed by atoms with Crippen molar-refractivity contribution < 1.29 is 14.7 Å². The fourth-order valence-electron chi connectivity index (χ4n) is 1.64. The van der Waals surface area contributed by atoms with Gasteiger partial charge in [0.25, 0.3) is 0 Å². The predicted molar refractivity (Wildman–Crippen MR) is 75.2 cm³/mol. The Hall–Kier alpha value is -1.63. The molecule has 19 heavy (non-hydrogen) atoms. The number of anilines is 1. The van der Waals surface area contributed by atoms with Crippen LogP contribution in [0.2, 0.25) is 0 Å². The van der Waals surface area contributed by atoms with Crippen LogP contribution in [0.3, 0.4) is 0 Å². The van der Waals surface area contributed by atoms with E-state index in [2.05, 4.69) is 20.9 Å². The zero-order valence-electron chi connectivity index (χ0n) is 10.6. The summed E-state index contributed by atoms with van der Waals surface area (Å²) in [5.41, 5.74) is 5.24. The summed E-state index contributed by atoms with van der Waals surface area (Å²) in [5, 5.41) is 9.19. The normalized spacial score (nSPS) is 10.2. The summed E-state index contributed by atoms with van der Waals surface area (Å²) in [4.78, 5) is 28.0. The van der Waals surface area contributed by atoms with Crippen molar-refractivity contribution in [1.29, 1.82) is 0 Å². The molecule has 3 N–H and O–H groups in total. The zero-order valence-corrected chi connectivity index (χ0v) is 12.2. The van der Waals surface area contributed by atoms with Gasteiger partial charge in [-0.2, -0.15) is 0 Å². The van der Waals surface area contributed by atoms with Crippen molar-refractivity contribution in [1.82, 2.24) is 4.98 Å². The molecule has 0 spiro atoms. The molecule has 0 saturated heterocycles. The van der Waals surface area contributed by atoms with E-state index in [1.54, 1.807) is 4.90 Å². The molecule has 1 rings (SSSR count). The molecule has 0 saturated carbocycles. The van der Waals surface area contributed by atoms with Crippen LogP contribution in [0.5, 0.6) is 0 Å². The van der Waals surface area contributed by atoms with Gasteiger partial charge >= 0.3 is 5.97 Å². The van der Waals surface area contributed by atoms with Gasteiger partial charge in [0.05, 0.1) is 6.54 Å². The molecule has 7 heteroatoms. The van der Waals surface area contributed by atoms with E-state index in [1.807, 2.05) is 6.92 Å². The lowest BCUT2D eigenvalue weighted by atomic mass is 10.2. The number of unbranched alkanes of at least 4 members (excludes halogenated alkanes) is 1. The summed E-state index contributed by atoms with van der Waals surface area (Å²) in [6.07, 6.45) is 3.25. The lowest BCUT2D eigenvalue weighted by Gasteiger charge is -2.23. The Balaban J connectivity index is 3.12. The summed E-state index contributed by atoms with van der Waals surface area (Å²) in [6, 6.07) is 1.46. The molecular weight excluding hydrogens is 314 g/mol. The van der Waals surface area contributed by atoms with Gasteiger partial charge in [0.1, 0.15) is 11.4 Å². The highest BCUT2D eigenvalue weighted by atomic mass is 79.9. The number of carbonyl (C=O) groups is 2. The van der Waals surface area contributed by atoms with Crippen molar-refractivity contribution in [3.8, 4) is 0 Å².